The molecular formula is C13H15IN2O4S. The van der Waals surface area contributed by atoms with Crippen LogP contribution in [0.15, 0.2) is 24.3 Å². The zero-order valence-electron chi connectivity index (χ0n) is 11.0. The van der Waals surface area contributed by atoms with Gasteiger partial charge in [0.25, 0.3) is 0 Å². The van der Waals surface area contributed by atoms with Crippen molar-refractivity contribution >= 4 is 58.3 Å². The Kier molecular flexibility index (Phi) is 8.13. The van der Waals surface area contributed by atoms with Gasteiger partial charge in [-0.05, 0) is 53.0 Å². The van der Waals surface area contributed by atoms with Gasteiger partial charge >= 0.3 is 5.97 Å². The molecule has 8 heteroatoms. The van der Waals surface area contributed by atoms with Crippen LogP contribution in [0.3, 0.4) is 0 Å². The van der Waals surface area contributed by atoms with Gasteiger partial charge in [-0.25, -0.2) is 4.79 Å². The summed E-state index contributed by atoms with van der Waals surface area (Å²) in [5.74, 6) is -0.514. The topological polar surface area (TPSA) is 95.5 Å². The van der Waals surface area contributed by atoms with Gasteiger partial charge in [0.1, 0.15) is 6.04 Å². The molecule has 21 heavy (non-hydrogen) atoms. The van der Waals surface area contributed by atoms with Crippen LogP contribution in [0.1, 0.15) is 6.42 Å². The lowest BCUT2D eigenvalue weighted by Crippen LogP contribution is -2.36. The van der Waals surface area contributed by atoms with E-state index in [-0.39, 0.29) is 18.1 Å². The summed E-state index contributed by atoms with van der Waals surface area (Å²) < 4.78 is 1.03. The molecule has 2 amide bonds. The molecule has 3 N–H and O–H groups in total. The molecule has 0 fully saturated rings. The van der Waals surface area contributed by atoms with Crippen LogP contribution in [0.2, 0.25) is 0 Å². The van der Waals surface area contributed by atoms with E-state index in [1.807, 2.05) is 18.2 Å². The molecule has 1 unspecified atom stereocenters. The number of carboxylic acids is 1. The monoisotopic (exact) mass is 422 g/mol. The number of carboxylic acid groups (broad SMARTS) is 1. The summed E-state index contributed by atoms with van der Waals surface area (Å²) in [6.45, 7) is 0. The molecule has 6 nitrogen and oxygen atoms in total. The van der Waals surface area contributed by atoms with Crippen molar-refractivity contribution in [2.75, 3.05) is 16.8 Å². The molecular weight excluding hydrogens is 407 g/mol. The van der Waals surface area contributed by atoms with Gasteiger partial charge in [0, 0.05) is 9.26 Å². The highest BCUT2D eigenvalue weighted by molar-refractivity contribution is 14.1. The molecule has 0 bridgehead atoms. The van der Waals surface area contributed by atoms with Crippen LogP contribution < -0.4 is 10.6 Å². The molecule has 0 aliphatic rings. The van der Waals surface area contributed by atoms with Crippen molar-refractivity contribution in [2.45, 2.75) is 12.5 Å². The van der Waals surface area contributed by atoms with E-state index >= 15 is 0 Å². The first-order chi connectivity index (χ1) is 10.0. The van der Waals surface area contributed by atoms with Gasteiger partial charge in [0.15, 0.2) is 0 Å². The second kappa shape index (κ2) is 9.61. The van der Waals surface area contributed by atoms with E-state index in [4.69, 9.17) is 5.11 Å². The molecule has 114 valence electrons. The Balaban J connectivity index is 2.27. The van der Waals surface area contributed by atoms with Crippen molar-refractivity contribution in [1.29, 1.82) is 0 Å². The molecule has 1 aromatic carbocycles. The summed E-state index contributed by atoms with van der Waals surface area (Å²) in [7, 11) is 0. The van der Waals surface area contributed by atoms with Crippen molar-refractivity contribution in [1.82, 2.24) is 5.32 Å². The Hall–Kier alpha value is -1.29. The third kappa shape index (κ3) is 7.32. The minimum absolute atomic E-state index is 0.141. The fourth-order valence-corrected chi connectivity index (χ4v) is 2.84. The SMILES string of the molecule is O=CNC(CCSCC(=O)Nc1cccc(I)c1)C(=O)O. The molecule has 0 spiro atoms. The molecule has 0 heterocycles. The summed E-state index contributed by atoms with van der Waals surface area (Å²) in [6.07, 6.45) is 0.641. The number of hydrogen-bond acceptors (Lipinski definition) is 4. The van der Waals surface area contributed by atoms with Gasteiger partial charge in [-0.3, -0.25) is 9.59 Å². The number of carbonyl (C=O) groups is 3. The second-order valence-electron chi connectivity index (χ2n) is 4.08. The van der Waals surface area contributed by atoms with Crippen molar-refractivity contribution in [3.05, 3.63) is 27.8 Å². The largest absolute Gasteiger partial charge is 0.480 e. The highest BCUT2D eigenvalue weighted by Gasteiger charge is 2.15. The molecule has 0 saturated carbocycles. The average molecular weight is 422 g/mol. The van der Waals surface area contributed by atoms with Crippen LogP contribution >= 0.6 is 34.4 Å². The lowest BCUT2D eigenvalue weighted by Gasteiger charge is -2.10. The fourth-order valence-electron chi connectivity index (χ4n) is 1.49. The maximum Gasteiger partial charge on any atom is 0.326 e. The quantitative estimate of drug-likeness (QED) is 0.319. The summed E-state index contributed by atoms with van der Waals surface area (Å²) in [5, 5.41) is 13.8. The molecule has 1 rings (SSSR count). The normalized spacial score (nSPS) is 11.5. The lowest BCUT2D eigenvalue weighted by molar-refractivity contribution is -0.140. The Morgan fingerprint density at radius 3 is 2.81 bits per heavy atom. The predicted molar refractivity (Wildman–Crippen MR) is 90.4 cm³/mol. The number of benzene rings is 1. The third-order valence-electron chi connectivity index (χ3n) is 2.46. The molecule has 0 aliphatic carbocycles. The van der Waals surface area contributed by atoms with E-state index < -0.39 is 12.0 Å². The van der Waals surface area contributed by atoms with Crippen molar-refractivity contribution in [3.63, 3.8) is 0 Å². The van der Waals surface area contributed by atoms with Crippen molar-refractivity contribution in [3.8, 4) is 0 Å². The van der Waals surface area contributed by atoms with Crippen molar-refractivity contribution in [2.24, 2.45) is 0 Å². The third-order valence-corrected chi connectivity index (χ3v) is 4.12. The molecule has 0 aliphatic heterocycles. The number of amides is 2. The van der Waals surface area contributed by atoms with Gasteiger partial charge in [0.2, 0.25) is 12.3 Å². The summed E-state index contributed by atoms with van der Waals surface area (Å²) in [6, 6.07) is 6.54. The minimum atomic E-state index is -1.08. The Morgan fingerprint density at radius 2 is 2.19 bits per heavy atom. The Labute approximate surface area is 140 Å². The second-order valence-corrected chi connectivity index (χ2v) is 6.43. The van der Waals surface area contributed by atoms with E-state index in [1.54, 1.807) is 6.07 Å². The molecule has 1 aromatic rings. The maximum absolute atomic E-state index is 11.7. The number of aliphatic carboxylic acids is 1. The first-order valence-electron chi connectivity index (χ1n) is 6.08. The zero-order chi connectivity index (χ0) is 15.7. The van der Waals surface area contributed by atoms with Crippen LogP contribution in [0.5, 0.6) is 0 Å². The number of halogens is 1. The van der Waals surface area contributed by atoms with Gasteiger partial charge < -0.3 is 15.7 Å². The van der Waals surface area contributed by atoms with Gasteiger partial charge in [-0.15, -0.1) is 0 Å². The van der Waals surface area contributed by atoms with E-state index in [2.05, 4.69) is 33.2 Å². The number of anilines is 1. The van der Waals surface area contributed by atoms with Crippen molar-refractivity contribution < 1.29 is 19.5 Å². The maximum atomic E-state index is 11.7. The Morgan fingerprint density at radius 1 is 1.43 bits per heavy atom. The van der Waals surface area contributed by atoms with E-state index in [0.29, 0.717) is 12.2 Å². The highest BCUT2D eigenvalue weighted by Crippen LogP contribution is 2.13. The zero-order valence-corrected chi connectivity index (χ0v) is 14.0. The van der Waals surface area contributed by atoms with Gasteiger partial charge in [-0.2, -0.15) is 11.8 Å². The molecule has 0 radical (unpaired) electrons. The number of nitrogens with one attached hydrogen (secondary N) is 2. The summed E-state index contributed by atoms with van der Waals surface area (Å²) in [4.78, 5) is 32.7. The predicted octanol–water partition coefficient (Wildman–Crippen LogP) is 1.55. The molecule has 0 aromatic heterocycles. The van der Waals surface area contributed by atoms with Crippen LogP contribution in [0, 0.1) is 3.57 Å². The van der Waals surface area contributed by atoms with Gasteiger partial charge in [0.05, 0.1) is 5.75 Å². The number of hydrogen-bond donors (Lipinski definition) is 3. The first kappa shape index (κ1) is 17.8. The average Bonchev–Trinajstić information content (AvgIpc) is 2.42. The molecule has 1 atom stereocenters. The highest BCUT2D eigenvalue weighted by atomic mass is 127. The number of carbonyl (C=O) groups excluding carboxylic acids is 2. The standard InChI is InChI=1S/C13H15IN2O4S/c14-9-2-1-3-10(6-9)16-12(18)7-21-5-4-11(13(19)20)15-8-17/h1-3,6,8,11H,4-5,7H2,(H,15,17)(H,16,18)(H,19,20). The van der Waals surface area contributed by atoms with Crippen LogP contribution in [0.4, 0.5) is 5.69 Å². The molecule has 0 saturated heterocycles. The summed E-state index contributed by atoms with van der Waals surface area (Å²) in [5.41, 5.74) is 0.735. The van der Waals surface area contributed by atoms with E-state index in [9.17, 15) is 14.4 Å². The van der Waals surface area contributed by atoms with E-state index in [1.165, 1.54) is 11.8 Å². The summed E-state index contributed by atoms with van der Waals surface area (Å²) >= 11 is 3.48. The first-order valence-corrected chi connectivity index (χ1v) is 8.32. The van der Waals surface area contributed by atoms with Gasteiger partial charge in [-0.1, -0.05) is 6.07 Å². The van der Waals surface area contributed by atoms with E-state index in [0.717, 1.165) is 9.26 Å². The fraction of sp³-hybridized carbons (Fsp3) is 0.308. The smallest absolute Gasteiger partial charge is 0.326 e. The number of thioether (sulfide) groups is 1. The van der Waals surface area contributed by atoms with Crippen LogP contribution in [-0.2, 0) is 14.4 Å². The Bertz CT molecular complexity index is 513. The minimum Gasteiger partial charge on any atom is -0.480 e. The number of rotatable bonds is 9. The van der Waals surface area contributed by atoms with Crippen LogP contribution in [-0.4, -0.2) is 40.9 Å². The van der Waals surface area contributed by atoms with Crippen LogP contribution in [0.25, 0.3) is 0 Å². The lowest BCUT2D eigenvalue weighted by atomic mass is 10.2.